The smallest absolute Gasteiger partial charge is 0.506 e. The Kier molecular flexibility index (Phi) is 22.8. The van der Waals surface area contributed by atoms with Gasteiger partial charge in [-0.25, -0.2) is 29.2 Å². The van der Waals surface area contributed by atoms with Gasteiger partial charge in [0, 0.05) is 49.1 Å². The molecule has 0 unspecified atom stereocenters. The number of rotatable bonds is 12. The minimum atomic E-state index is -1.23. The number of halogens is 2. The Morgan fingerprint density at radius 2 is 0.833 bits per heavy atom. The van der Waals surface area contributed by atoms with E-state index in [1.807, 2.05) is 0 Å². The number of hydrogen-bond donors (Lipinski definition) is 4. The van der Waals surface area contributed by atoms with Crippen molar-refractivity contribution in [1.29, 1.82) is 0 Å². The number of carbonyl (C=O) groups excluding carboxylic acids is 2. The molecular formula is C48H32Cl2CoN8Na3O10+. The minimum absolute atomic E-state index is 0. The number of aromatic hydroxyl groups is 2. The van der Waals surface area contributed by atoms with Crippen LogP contribution in [-0.2, 0) is 16.8 Å². The Balaban J connectivity index is 0.000000360. The van der Waals surface area contributed by atoms with E-state index in [4.69, 9.17) is 23.2 Å². The number of carbonyl (C=O) groups is 4. The molecule has 0 aliphatic heterocycles. The van der Waals surface area contributed by atoms with Crippen molar-refractivity contribution >= 4 is 69.5 Å². The molecule has 8 aromatic rings. The van der Waals surface area contributed by atoms with Crippen LogP contribution in [0.2, 0.25) is 10.0 Å². The molecule has 0 saturated heterocycles. The van der Waals surface area contributed by atoms with Crippen LogP contribution in [0.1, 0.15) is 63.9 Å². The number of aryl methyl sites for hydroxylation is 2. The van der Waals surface area contributed by atoms with E-state index in [1.165, 1.54) is 70.0 Å². The maximum atomic E-state index is 12.8. The Morgan fingerprint density at radius 1 is 0.514 bits per heavy atom. The minimum Gasteiger partial charge on any atom is -0.506 e. The van der Waals surface area contributed by atoms with Gasteiger partial charge in [0.1, 0.15) is 34.0 Å². The zero-order chi connectivity index (χ0) is 48.8. The summed E-state index contributed by atoms with van der Waals surface area (Å²) in [6.07, 6.45) is 0. The zero-order valence-electron chi connectivity index (χ0n) is 38.6. The summed E-state index contributed by atoms with van der Waals surface area (Å²) in [6, 6.07) is 32.4. The first-order valence-corrected chi connectivity index (χ1v) is 20.6. The number of carboxylic acids is 2. The monoisotopic (exact) mass is 1080 g/mol. The number of phenols is 2. The SMILES string of the molecule is Cc1nn(-c2ccc(Cl)cc2)c(=O)[c-]1N=Nc1ccc(C(=O)c2ccccc2C(=O)O)cc1O.Cc1nn(-c2ccc(Cl)cc2)c(=O)[c-]1N=Nc1ccc(C(=O)c2ccccc2C(=O)O)cc1O.[Co].[Na+].[Na+].[Na+]. The van der Waals surface area contributed by atoms with Crippen LogP contribution in [-0.4, -0.2) is 63.5 Å². The van der Waals surface area contributed by atoms with Crippen molar-refractivity contribution in [3.63, 3.8) is 0 Å². The second-order valence-electron chi connectivity index (χ2n) is 14.4. The van der Waals surface area contributed by atoms with Gasteiger partial charge in [0.15, 0.2) is 11.6 Å². The van der Waals surface area contributed by atoms with Gasteiger partial charge < -0.3 is 40.2 Å². The maximum Gasteiger partial charge on any atom is 1.00 e. The molecule has 18 nitrogen and oxygen atoms in total. The van der Waals surface area contributed by atoms with E-state index in [-0.39, 0.29) is 173 Å². The average Bonchev–Trinajstić information content (AvgIpc) is 3.78. The molecule has 24 heteroatoms. The van der Waals surface area contributed by atoms with Crippen molar-refractivity contribution in [1.82, 2.24) is 19.6 Å². The summed E-state index contributed by atoms with van der Waals surface area (Å²) in [5.74, 6) is -4.34. The normalized spacial score (nSPS) is 10.5. The molecular weight excluding hydrogens is 1050 g/mol. The molecule has 8 rings (SSSR count). The molecule has 2 heterocycles. The zero-order valence-corrected chi connectivity index (χ0v) is 47.2. The summed E-state index contributed by atoms with van der Waals surface area (Å²) in [7, 11) is 0. The van der Waals surface area contributed by atoms with Crippen molar-refractivity contribution in [3.05, 3.63) is 209 Å². The summed E-state index contributed by atoms with van der Waals surface area (Å²) < 4.78 is 2.34. The molecule has 349 valence electrons. The molecule has 4 N–H and O–H groups in total. The Morgan fingerprint density at radius 3 is 1.14 bits per heavy atom. The number of phenolic OH excluding ortho intramolecular Hbond substituents is 2. The first-order valence-electron chi connectivity index (χ1n) is 19.8. The van der Waals surface area contributed by atoms with Gasteiger partial charge in [-0.05, 0) is 97.1 Å². The predicted molar refractivity (Wildman–Crippen MR) is 249 cm³/mol. The third-order valence-corrected chi connectivity index (χ3v) is 10.4. The first kappa shape index (κ1) is 60.8. The topological polar surface area (TPSA) is 268 Å². The summed E-state index contributed by atoms with van der Waals surface area (Å²) in [4.78, 5) is 73.8. The third kappa shape index (κ3) is 14.0. The molecule has 72 heavy (non-hydrogen) atoms. The van der Waals surface area contributed by atoms with Gasteiger partial charge in [0.2, 0.25) is 0 Å². The van der Waals surface area contributed by atoms with Crippen LogP contribution >= 0.6 is 23.2 Å². The Labute approximate surface area is 494 Å². The quantitative estimate of drug-likeness (QED) is 0.0577. The number of aromatic carboxylic acids is 2. The molecule has 0 fully saturated rings. The average molecular weight is 1080 g/mol. The van der Waals surface area contributed by atoms with E-state index in [1.54, 1.807) is 74.5 Å². The Hall–Kier alpha value is -5.49. The molecule has 0 atom stereocenters. The van der Waals surface area contributed by atoms with Gasteiger partial charge in [-0.1, -0.05) is 84.8 Å². The Bertz CT molecular complexity index is 3260. The fourth-order valence-corrected chi connectivity index (χ4v) is 6.74. The van der Waals surface area contributed by atoms with Crippen LogP contribution in [0.25, 0.3) is 11.4 Å². The molecule has 0 amide bonds. The number of ketones is 2. The van der Waals surface area contributed by atoms with Crippen molar-refractivity contribution in [3.8, 4) is 22.9 Å². The van der Waals surface area contributed by atoms with Crippen LogP contribution in [0.4, 0.5) is 22.7 Å². The molecule has 0 bridgehead atoms. The summed E-state index contributed by atoms with van der Waals surface area (Å²) >= 11 is 11.8. The van der Waals surface area contributed by atoms with E-state index in [2.05, 4.69) is 30.7 Å². The van der Waals surface area contributed by atoms with Crippen LogP contribution in [0, 0.1) is 13.8 Å². The van der Waals surface area contributed by atoms with E-state index >= 15 is 0 Å². The third-order valence-electron chi connectivity index (χ3n) is 9.91. The van der Waals surface area contributed by atoms with Crippen molar-refractivity contribution in [2.75, 3.05) is 0 Å². The van der Waals surface area contributed by atoms with Crippen LogP contribution in [0.3, 0.4) is 0 Å². The van der Waals surface area contributed by atoms with Crippen molar-refractivity contribution < 1.29 is 145 Å². The second-order valence-corrected chi connectivity index (χ2v) is 15.3. The van der Waals surface area contributed by atoms with E-state index in [0.29, 0.717) is 32.8 Å². The van der Waals surface area contributed by atoms with E-state index in [9.17, 15) is 49.2 Å². The molecule has 1 radical (unpaired) electrons. The van der Waals surface area contributed by atoms with Gasteiger partial charge in [-0.2, -0.15) is 10.2 Å². The molecule has 0 aliphatic carbocycles. The molecule has 2 aromatic heterocycles. The molecule has 6 aromatic carbocycles. The van der Waals surface area contributed by atoms with Gasteiger partial charge in [0.25, 0.3) is 0 Å². The summed E-state index contributed by atoms with van der Waals surface area (Å²) in [5.41, 5.74) is 0.520. The number of benzene rings is 6. The maximum absolute atomic E-state index is 12.8. The van der Waals surface area contributed by atoms with Gasteiger partial charge >= 0.3 is 101 Å². The number of carboxylic acid groups (broad SMARTS) is 2. The number of nitrogens with zero attached hydrogens (tertiary/aromatic N) is 8. The summed E-state index contributed by atoms with van der Waals surface area (Å²) in [6.45, 7) is 3.20. The molecule has 0 saturated carbocycles. The fourth-order valence-electron chi connectivity index (χ4n) is 6.49. The first-order chi connectivity index (χ1) is 32.5. The predicted octanol–water partition coefficient (Wildman–Crippen LogP) is 0.936. The largest absolute Gasteiger partial charge is 1.00 e. The van der Waals surface area contributed by atoms with Gasteiger partial charge in [-0.3, -0.25) is 9.59 Å². The standard InChI is InChI=1S/2C24H16ClN4O5.Co.3Na/c2*1-13-21(23(32)29(28-13)16-9-7-15(25)8-10-16)27-26-19-11-6-14(12-20(19)30)22(31)17-4-2-3-5-18(17)24(33)34;;;;/h2*2-12,30H,1H3,(H,33,34);;;;/q2*-1;;3*+1. The summed E-state index contributed by atoms with van der Waals surface area (Å²) in [5, 5.41) is 64.5. The number of hydrogen-bond acceptors (Lipinski definition) is 14. The molecule has 0 spiro atoms. The van der Waals surface area contributed by atoms with Crippen molar-refractivity contribution in [2.24, 2.45) is 20.5 Å². The number of azo groups is 2. The van der Waals surface area contributed by atoms with Crippen molar-refractivity contribution in [2.45, 2.75) is 13.8 Å². The van der Waals surface area contributed by atoms with Gasteiger partial charge in [0.05, 0.1) is 22.5 Å². The molecule has 0 aliphatic rings. The van der Waals surface area contributed by atoms with Crippen LogP contribution in [0.15, 0.2) is 164 Å². The van der Waals surface area contributed by atoms with E-state index in [0.717, 1.165) is 12.1 Å². The van der Waals surface area contributed by atoms with Crippen LogP contribution < -0.4 is 99.8 Å². The number of aromatic nitrogens is 4. The second kappa shape index (κ2) is 27.0. The van der Waals surface area contributed by atoms with Gasteiger partial charge in [-0.15, -0.1) is 11.4 Å². The fraction of sp³-hybridized carbons (Fsp3) is 0.0417. The van der Waals surface area contributed by atoms with E-state index < -0.39 is 34.6 Å². The van der Waals surface area contributed by atoms with Crippen LogP contribution in [0.5, 0.6) is 11.5 Å².